The molecule has 1 rings (SSSR count). The molecule has 0 saturated carbocycles. The van der Waals surface area contributed by atoms with Gasteiger partial charge in [0.25, 0.3) is 5.91 Å². The zero-order valence-corrected chi connectivity index (χ0v) is 19.0. The lowest BCUT2D eigenvalue weighted by Crippen LogP contribution is -2.41. The average molecular weight is 544 g/mol. The number of nitrogens with one attached hydrogen (secondary N) is 1. The molecule has 11 heteroatoms. The lowest BCUT2D eigenvalue weighted by atomic mass is 10.1. The minimum atomic E-state index is -1.50. The lowest BCUT2D eigenvalue weighted by molar-refractivity contribution is -0.140. The van der Waals surface area contributed by atoms with Crippen LogP contribution in [0.1, 0.15) is 37.0 Å². The number of alkyl halides is 2. The predicted molar refractivity (Wildman–Crippen MR) is 111 cm³/mol. The van der Waals surface area contributed by atoms with Crippen molar-refractivity contribution in [3.05, 3.63) is 29.3 Å². The number of carboxylic acids is 2. The Balaban J connectivity index is 3.11. The predicted octanol–water partition coefficient (Wildman–Crippen LogP) is 3.39. The van der Waals surface area contributed by atoms with Crippen molar-refractivity contribution in [1.82, 2.24) is 5.32 Å². The van der Waals surface area contributed by atoms with E-state index in [2.05, 4.69) is 37.2 Å². The zero-order chi connectivity index (χ0) is 22.3. The van der Waals surface area contributed by atoms with Crippen molar-refractivity contribution in [2.45, 2.75) is 42.4 Å². The van der Waals surface area contributed by atoms with E-state index in [1.165, 1.54) is 4.90 Å². The SMILES string of the molecule is CC(Br)CN(CC(C)Br)c1c(F)cc(C(=O)NC(CCC(=O)O)C(=O)O)cc1F. The number of hydrogen-bond donors (Lipinski definition) is 3. The summed E-state index contributed by atoms with van der Waals surface area (Å²) in [5.41, 5.74) is -0.691. The van der Waals surface area contributed by atoms with Crippen molar-refractivity contribution < 1.29 is 33.4 Å². The first kappa shape index (κ1) is 25.3. The van der Waals surface area contributed by atoms with Gasteiger partial charge in [0.15, 0.2) is 0 Å². The summed E-state index contributed by atoms with van der Waals surface area (Å²) in [5.74, 6) is -5.61. The molecule has 1 amide bonds. The molecule has 0 aromatic heterocycles. The molecular formula is C18H22Br2F2N2O5. The standard InChI is InChI=1S/C18H22Br2F2N2O5/c1-9(19)7-24(8-10(2)20)16-12(21)5-11(6-13(16)22)17(27)23-14(18(28)29)3-4-15(25)26/h5-6,9-10,14H,3-4,7-8H2,1-2H3,(H,23,27)(H,25,26)(H,28,29). The normalized spacial score (nSPS) is 14.0. The van der Waals surface area contributed by atoms with Crippen LogP contribution in [-0.4, -0.2) is 56.8 Å². The minimum absolute atomic E-state index is 0.0546. The van der Waals surface area contributed by atoms with Gasteiger partial charge in [0.2, 0.25) is 0 Å². The van der Waals surface area contributed by atoms with Gasteiger partial charge in [0.05, 0.1) is 0 Å². The third-order valence-electron chi connectivity index (χ3n) is 3.79. The van der Waals surface area contributed by atoms with Crippen LogP contribution in [0.25, 0.3) is 0 Å². The summed E-state index contributed by atoms with van der Waals surface area (Å²) in [7, 11) is 0. The number of carbonyl (C=O) groups is 3. The van der Waals surface area contributed by atoms with E-state index in [1.54, 1.807) is 0 Å². The van der Waals surface area contributed by atoms with Crippen LogP contribution in [-0.2, 0) is 9.59 Å². The highest BCUT2D eigenvalue weighted by molar-refractivity contribution is 9.09. The van der Waals surface area contributed by atoms with Gasteiger partial charge in [0, 0.05) is 34.7 Å². The summed E-state index contributed by atoms with van der Waals surface area (Å²) < 4.78 is 29.4. The van der Waals surface area contributed by atoms with Crippen molar-refractivity contribution >= 4 is 55.4 Å². The molecule has 0 aliphatic heterocycles. The Morgan fingerprint density at radius 3 is 1.93 bits per heavy atom. The molecule has 7 nitrogen and oxygen atoms in total. The third-order valence-corrected chi connectivity index (χ3v) is 4.37. The van der Waals surface area contributed by atoms with E-state index < -0.39 is 47.5 Å². The molecular weight excluding hydrogens is 522 g/mol. The number of aliphatic carboxylic acids is 2. The van der Waals surface area contributed by atoms with Crippen LogP contribution in [0, 0.1) is 11.6 Å². The molecule has 0 bridgehead atoms. The zero-order valence-electron chi connectivity index (χ0n) is 15.8. The van der Waals surface area contributed by atoms with Crippen molar-refractivity contribution in [3.63, 3.8) is 0 Å². The molecule has 0 aliphatic carbocycles. The molecule has 3 atom stereocenters. The molecule has 162 valence electrons. The van der Waals surface area contributed by atoms with Gasteiger partial charge in [-0.3, -0.25) is 9.59 Å². The second-order valence-electron chi connectivity index (χ2n) is 6.55. The number of anilines is 1. The van der Waals surface area contributed by atoms with E-state index in [0.717, 1.165) is 12.1 Å². The van der Waals surface area contributed by atoms with Crippen molar-refractivity contribution in [2.24, 2.45) is 0 Å². The fourth-order valence-electron chi connectivity index (χ4n) is 2.63. The van der Waals surface area contributed by atoms with Gasteiger partial charge in [-0.25, -0.2) is 13.6 Å². The van der Waals surface area contributed by atoms with Crippen LogP contribution in [0.5, 0.6) is 0 Å². The first-order chi connectivity index (χ1) is 13.4. The summed E-state index contributed by atoms with van der Waals surface area (Å²) in [6.45, 7) is 4.27. The summed E-state index contributed by atoms with van der Waals surface area (Å²) in [4.78, 5) is 35.4. The monoisotopic (exact) mass is 542 g/mol. The Hall–Kier alpha value is -1.75. The van der Waals surface area contributed by atoms with Gasteiger partial charge in [-0.15, -0.1) is 0 Å². The molecule has 0 saturated heterocycles. The van der Waals surface area contributed by atoms with Gasteiger partial charge in [0.1, 0.15) is 23.4 Å². The molecule has 3 N–H and O–H groups in total. The maximum Gasteiger partial charge on any atom is 0.326 e. The van der Waals surface area contributed by atoms with Gasteiger partial charge >= 0.3 is 11.9 Å². The molecule has 1 aromatic rings. The smallest absolute Gasteiger partial charge is 0.326 e. The highest BCUT2D eigenvalue weighted by Gasteiger charge is 2.25. The van der Waals surface area contributed by atoms with Crippen molar-refractivity contribution in [2.75, 3.05) is 18.0 Å². The third kappa shape index (κ3) is 8.25. The van der Waals surface area contributed by atoms with Crippen molar-refractivity contribution in [3.8, 4) is 0 Å². The number of amides is 1. The largest absolute Gasteiger partial charge is 0.481 e. The lowest BCUT2D eigenvalue weighted by Gasteiger charge is -2.28. The van der Waals surface area contributed by atoms with Crippen LogP contribution in [0.4, 0.5) is 14.5 Å². The number of benzene rings is 1. The summed E-state index contributed by atoms with van der Waals surface area (Å²) in [5, 5.41) is 19.9. The molecule has 0 radical (unpaired) electrons. The van der Waals surface area contributed by atoms with Crippen LogP contribution in [0.2, 0.25) is 0 Å². The van der Waals surface area contributed by atoms with Gasteiger partial charge in [-0.2, -0.15) is 0 Å². The fraction of sp³-hybridized carbons (Fsp3) is 0.500. The van der Waals surface area contributed by atoms with Gasteiger partial charge in [-0.05, 0) is 18.6 Å². The molecule has 0 fully saturated rings. The quantitative estimate of drug-likeness (QED) is 0.369. The average Bonchev–Trinajstić information content (AvgIpc) is 2.55. The van der Waals surface area contributed by atoms with E-state index in [-0.39, 0.29) is 21.8 Å². The molecule has 0 spiro atoms. The molecule has 0 aliphatic rings. The van der Waals surface area contributed by atoms with E-state index in [1.807, 2.05) is 13.8 Å². The Kier molecular flexibility index (Phi) is 9.97. The van der Waals surface area contributed by atoms with Crippen LogP contribution >= 0.6 is 31.9 Å². The second kappa shape index (κ2) is 11.4. The highest BCUT2D eigenvalue weighted by Crippen LogP contribution is 2.27. The first-order valence-corrected chi connectivity index (χ1v) is 10.5. The number of carboxylic acid groups (broad SMARTS) is 2. The number of rotatable bonds is 11. The minimum Gasteiger partial charge on any atom is -0.481 e. The Morgan fingerprint density at radius 1 is 1.07 bits per heavy atom. The maximum absolute atomic E-state index is 14.7. The van der Waals surface area contributed by atoms with Crippen LogP contribution in [0.15, 0.2) is 12.1 Å². The Morgan fingerprint density at radius 2 is 1.55 bits per heavy atom. The summed E-state index contributed by atoms with van der Waals surface area (Å²) in [6.07, 6.45) is -0.844. The molecule has 29 heavy (non-hydrogen) atoms. The van der Waals surface area contributed by atoms with Crippen LogP contribution < -0.4 is 10.2 Å². The Labute approximate surface area is 183 Å². The molecule has 0 heterocycles. The Bertz CT molecular complexity index is 729. The fourth-order valence-corrected chi connectivity index (χ4v) is 3.33. The second-order valence-corrected chi connectivity index (χ2v) is 9.68. The van der Waals surface area contributed by atoms with E-state index in [0.29, 0.717) is 13.1 Å². The van der Waals surface area contributed by atoms with Crippen molar-refractivity contribution in [1.29, 1.82) is 0 Å². The van der Waals surface area contributed by atoms with E-state index in [4.69, 9.17) is 10.2 Å². The number of carbonyl (C=O) groups excluding carboxylic acids is 1. The molecule has 1 aromatic carbocycles. The van der Waals surface area contributed by atoms with E-state index in [9.17, 15) is 23.2 Å². The number of hydrogen-bond acceptors (Lipinski definition) is 4. The van der Waals surface area contributed by atoms with Gasteiger partial charge in [-0.1, -0.05) is 45.7 Å². The summed E-state index contributed by atoms with van der Waals surface area (Å²) >= 11 is 6.70. The first-order valence-electron chi connectivity index (χ1n) is 8.70. The van der Waals surface area contributed by atoms with Gasteiger partial charge < -0.3 is 20.4 Å². The summed E-state index contributed by atoms with van der Waals surface area (Å²) in [6, 6.07) is 0.160. The number of nitrogens with zero attached hydrogens (tertiary/aromatic N) is 1. The molecule has 3 unspecified atom stereocenters. The maximum atomic E-state index is 14.7. The topological polar surface area (TPSA) is 107 Å². The van der Waals surface area contributed by atoms with E-state index >= 15 is 0 Å². The highest BCUT2D eigenvalue weighted by atomic mass is 79.9. The number of halogens is 4. The van der Waals surface area contributed by atoms with Crippen LogP contribution in [0.3, 0.4) is 0 Å².